The van der Waals surface area contributed by atoms with Crippen LogP contribution < -0.4 is 11.5 Å². The van der Waals surface area contributed by atoms with Crippen molar-refractivity contribution in [2.75, 3.05) is 11.5 Å². The Balaban J connectivity index is 3.27. The van der Waals surface area contributed by atoms with Crippen molar-refractivity contribution in [3.8, 4) is 0 Å². The molecule has 10 heavy (non-hydrogen) atoms. The molecular formula is C6H7N3O. The van der Waals surface area contributed by atoms with Crippen molar-refractivity contribution in [3.63, 3.8) is 0 Å². The van der Waals surface area contributed by atoms with Crippen molar-refractivity contribution in [1.29, 1.82) is 0 Å². The molecule has 0 saturated heterocycles. The van der Waals surface area contributed by atoms with Gasteiger partial charge in [0, 0.05) is 6.20 Å². The molecule has 1 aromatic heterocycles. The fourth-order valence-corrected chi connectivity index (χ4v) is 0.598. The lowest BCUT2D eigenvalue weighted by Gasteiger charge is -1.98. The molecule has 1 rings (SSSR count). The van der Waals surface area contributed by atoms with E-state index < -0.39 is 0 Å². The van der Waals surface area contributed by atoms with E-state index in [-0.39, 0.29) is 0 Å². The van der Waals surface area contributed by atoms with E-state index in [0.29, 0.717) is 23.2 Å². The molecule has 0 bridgehead atoms. The van der Waals surface area contributed by atoms with Crippen molar-refractivity contribution in [1.82, 2.24) is 4.98 Å². The Bertz CT molecular complexity index is 259. The third-order valence-corrected chi connectivity index (χ3v) is 1.18. The number of nitrogens with zero attached hydrogens (tertiary/aromatic N) is 1. The van der Waals surface area contributed by atoms with Crippen molar-refractivity contribution < 1.29 is 4.79 Å². The summed E-state index contributed by atoms with van der Waals surface area (Å²) in [6, 6.07) is 0. The summed E-state index contributed by atoms with van der Waals surface area (Å²) < 4.78 is 0. The van der Waals surface area contributed by atoms with Crippen LogP contribution in [0, 0.1) is 0 Å². The maximum atomic E-state index is 10.2. The molecule has 0 fully saturated rings. The number of nitrogen functional groups attached to an aromatic ring is 2. The lowest BCUT2D eigenvalue weighted by molar-refractivity contribution is 0.112. The van der Waals surface area contributed by atoms with Crippen molar-refractivity contribution in [3.05, 3.63) is 18.0 Å². The lowest BCUT2D eigenvalue weighted by Crippen LogP contribution is -1.99. The van der Waals surface area contributed by atoms with Gasteiger partial charge in [0.2, 0.25) is 0 Å². The zero-order valence-corrected chi connectivity index (χ0v) is 5.24. The van der Waals surface area contributed by atoms with Crippen LogP contribution in [0.1, 0.15) is 10.4 Å². The Kier molecular flexibility index (Phi) is 1.53. The van der Waals surface area contributed by atoms with Crippen LogP contribution in [0.25, 0.3) is 0 Å². The molecule has 4 nitrogen and oxygen atoms in total. The third kappa shape index (κ3) is 0.907. The van der Waals surface area contributed by atoms with Crippen LogP contribution in [0.5, 0.6) is 0 Å². The van der Waals surface area contributed by atoms with E-state index in [1.54, 1.807) is 0 Å². The number of carbonyl (C=O) groups excluding carboxylic acids is 1. The minimum absolute atomic E-state index is 0.296. The number of aromatic nitrogens is 1. The van der Waals surface area contributed by atoms with E-state index in [9.17, 15) is 4.79 Å². The molecule has 0 spiro atoms. The zero-order valence-electron chi connectivity index (χ0n) is 5.24. The summed E-state index contributed by atoms with van der Waals surface area (Å²) in [5.41, 5.74) is 11.7. The van der Waals surface area contributed by atoms with Gasteiger partial charge in [-0.1, -0.05) is 0 Å². The summed E-state index contributed by atoms with van der Waals surface area (Å²) in [5.74, 6) is 0. The number of anilines is 2. The summed E-state index contributed by atoms with van der Waals surface area (Å²) in [5, 5.41) is 0. The summed E-state index contributed by atoms with van der Waals surface area (Å²) in [6.07, 6.45) is 3.40. The van der Waals surface area contributed by atoms with Gasteiger partial charge < -0.3 is 11.5 Å². The SMILES string of the molecule is Nc1cncc(C=O)c1N. The van der Waals surface area contributed by atoms with Crippen LogP contribution in [-0.2, 0) is 0 Å². The Morgan fingerprint density at radius 1 is 1.40 bits per heavy atom. The molecule has 0 aliphatic heterocycles. The summed E-state index contributed by atoms with van der Waals surface area (Å²) >= 11 is 0. The molecule has 0 radical (unpaired) electrons. The van der Waals surface area contributed by atoms with E-state index in [2.05, 4.69) is 4.98 Å². The number of hydrogen-bond donors (Lipinski definition) is 2. The molecule has 52 valence electrons. The molecule has 0 aromatic carbocycles. The quantitative estimate of drug-likeness (QED) is 0.536. The molecule has 1 heterocycles. The van der Waals surface area contributed by atoms with Crippen molar-refractivity contribution in [2.45, 2.75) is 0 Å². The fourth-order valence-electron chi connectivity index (χ4n) is 0.598. The molecule has 1 aromatic rings. The predicted octanol–water partition coefficient (Wildman–Crippen LogP) is 0.0585. The number of pyridine rings is 1. The normalized spacial score (nSPS) is 9.20. The van der Waals surface area contributed by atoms with Gasteiger partial charge in [0.25, 0.3) is 0 Å². The average molecular weight is 137 g/mol. The van der Waals surface area contributed by atoms with Gasteiger partial charge in [0.05, 0.1) is 23.1 Å². The molecule has 0 amide bonds. The topological polar surface area (TPSA) is 82.0 Å². The van der Waals surface area contributed by atoms with Crippen LogP contribution >= 0.6 is 0 Å². The van der Waals surface area contributed by atoms with Gasteiger partial charge in [-0.05, 0) is 0 Å². The third-order valence-electron chi connectivity index (χ3n) is 1.18. The monoisotopic (exact) mass is 137 g/mol. The predicted molar refractivity (Wildman–Crippen MR) is 38.4 cm³/mol. The number of nitrogens with two attached hydrogens (primary N) is 2. The Morgan fingerprint density at radius 3 is 2.60 bits per heavy atom. The molecular weight excluding hydrogens is 130 g/mol. The minimum atomic E-state index is 0.296. The standard InChI is InChI=1S/C6H7N3O/c7-5-2-9-1-4(3-10)6(5)8/h1-3H,7H2,(H2,8,9). The van der Waals surface area contributed by atoms with Gasteiger partial charge in [-0.25, -0.2) is 0 Å². The van der Waals surface area contributed by atoms with Crippen molar-refractivity contribution in [2.24, 2.45) is 0 Å². The molecule has 4 N–H and O–H groups in total. The maximum absolute atomic E-state index is 10.2. The first-order valence-corrected chi connectivity index (χ1v) is 2.70. The molecule has 0 saturated carbocycles. The van der Waals surface area contributed by atoms with Gasteiger partial charge in [-0.15, -0.1) is 0 Å². The summed E-state index contributed by atoms with van der Waals surface area (Å²) in [4.78, 5) is 13.9. The Labute approximate surface area is 57.9 Å². The van der Waals surface area contributed by atoms with Gasteiger partial charge in [0.1, 0.15) is 0 Å². The number of carbonyl (C=O) groups is 1. The minimum Gasteiger partial charge on any atom is -0.396 e. The first kappa shape index (κ1) is 6.54. The van der Waals surface area contributed by atoms with Crippen LogP contribution in [0.2, 0.25) is 0 Å². The first-order chi connectivity index (χ1) is 4.75. The van der Waals surface area contributed by atoms with Gasteiger partial charge in [-0.2, -0.15) is 0 Å². The van der Waals surface area contributed by atoms with Gasteiger partial charge in [0.15, 0.2) is 6.29 Å². The van der Waals surface area contributed by atoms with E-state index in [1.165, 1.54) is 12.4 Å². The second-order valence-corrected chi connectivity index (χ2v) is 1.85. The largest absolute Gasteiger partial charge is 0.396 e. The van der Waals surface area contributed by atoms with Crippen molar-refractivity contribution >= 4 is 17.7 Å². The molecule has 0 atom stereocenters. The highest BCUT2D eigenvalue weighted by Gasteiger charge is 1.99. The Morgan fingerprint density at radius 2 is 2.10 bits per heavy atom. The van der Waals surface area contributed by atoms with E-state index in [0.717, 1.165) is 0 Å². The number of rotatable bonds is 1. The van der Waals surface area contributed by atoms with Crippen LogP contribution in [0.4, 0.5) is 11.4 Å². The highest BCUT2D eigenvalue weighted by atomic mass is 16.1. The molecule has 0 aliphatic rings. The smallest absolute Gasteiger partial charge is 0.153 e. The highest BCUT2D eigenvalue weighted by Crippen LogP contribution is 2.14. The second-order valence-electron chi connectivity index (χ2n) is 1.85. The summed E-state index contributed by atoms with van der Waals surface area (Å²) in [6.45, 7) is 0. The van der Waals surface area contributed by atoms with Gasteiger partial charge >= 0.3 is 0 Å². The molecule has 4 heteroatoms. The number of hydrogen-bond acceptors (Lipinski definition) is 4. The van der Waals surface area contributed by atoms with Crippen LogP contribution in [0.3, 0.4) is 0 Å². The van der Waals surface area contributed by atoms with E-state index >= 15 is 0 Å². The summed E-state index contributed by atoms with van der Waals surface area (Å²) in [7, 11) is 0. The highest BCUT2D eigenvalue weighted by molar-refractivity contribution is 5.87. The van der Waals surface area contributed by atoms with Crippen LogP contribution in [-0.4, -0.2) is 11.3 Å². The van der Waals surface area contributed by atoms with E-state index in [1.807, 2.05) is 0 Å². The van der Waals surface area contributed by atoms with Gasteiger partial charge in [-0.3, -0.25) is 9.78 Å². The fraction of sp³-hybridized carbons (Fsp3) is 0. The molecule has 0 aliphatic carbocycles. The molecule has 0 unspecified atom stereocenters. The Hall–Kier alpha value is -1.58. The first-order valence-electron chi connectivity index (χ1n) is 2.70. The zero-order chi connectivity index (χ0) is 7.56. The number of aldehydes is 1. The van der Waals surface area contributed by atoms with Crippen LogP contribution in [0.15, 0.2) is 12.4 Å². The average Bonchev–Trinajstić information content (AvgIpc) is 1.95. The van der Waals surface area contributed by atoms with E-state index in [4.69, 9.17) is 11.5 Å². The maximum Gasteiger partial charge on any atom is 0.153 e. The lowest BCUT2D eigenvalue weighted by atomic mass is 10.2. The second kappa shape index (κ2) is 2.34.